The molecular weight excluding hydrogens is 511 g/mol. The van der Waals surface area contributed by atoms with E-state index < -0.39 is 33.3 Å². The number of amides is 2. The van der Waals surface area contributed by atoms with Crippen LogP contribution in [0.4, 0.5) is 4.39 Å². The number of rotatable bonds is 11. The van der Waals surface area contributed by atoms with E-state index in [1.54, 1.807) is 35.4 Å². The van der Waals surface area contributed by atoms with Crippen LogP contribution in [0, 0.1) is 0 Å². The van der Waals surface area contributed by atoms with Crippen molar-refractivity contribution < 1.29 is 28.0 Å². The van der Waals surface area contributed by atoms with E-state index in [0.29, 0.717) is 49.7 Å². The molecule has 0 radical (unpaired) electrons. The Bertz CT molecular complexity index is 1150. The third-order valence-electron chi connectivity index (χ3n) is 6.46. The van der Waals surface area contributed by atoms with E-state index in [0.717, 1.165) is 5.56 Å². The Hall–Kier alpha value is -2.34. The van der Waals surface area contributed by atoms with Crippen LogP contribution in [-0.2, 0) is 28.6 Å². The predicted molar refractivity (Wildman–Crippen MR) is 133 cm³/mol. The van der Waals surface area contributed by atoms with Crippen LogP contribution in [0.1, 0.15) is 53.4 Å². The van der Waals surface area contributed by atoms with Crippen LogP contribution in [0.2, 0.25) is 5.02 Å². The Labute approximate surface area is 216 Å². The van der Waals surface area contributed by atoms with Gasteiger partial charge in [-0.2, -0.15) is 0 Å². The zero-order valence-electron chi connectivity index (χ0n) is 20.2. The lowest BCUT2D eigenvalue weighted by molar-refractivity contribution is -0.114. The smallest absolute Gasteiger partial charge is 0.287 e. The zero-order chi connectivity index (χ0) is 26.1. The maximum Gasteiger partial charge on any atom is 0.287 e. The lowest BCUT2D eigenvalue weighted by Crippen LogP contribution is -2.50. The molecule has 9 nitrogen and oxygen atoms in total. The Morgan fingerprint density at radius 3 is 2.67 bits per heavy atom. The van der Waals surface area contributed by atoms with E-state index >= 15 is 0 Å². The number of halogens is 2. The highest BCUT2D eigenvalue weighted by atomic mass is 35.5. The van der Waals surface area contributed by atoms with Gasteiger partial charge in [-0.15, -0.1) is 0 Å². The van der Waals surface area contributed by atoms with Gasteiger partial charge in [0.1, 0.15) is 12.4 Å². The van der Waals surface area contributed by atoms with E-state index in [9.17, 15) is 23.3 Å². The first-order valence-corrected chi connectivity index (χ1v) is 13.2. The molecule has 1 aliphatic heterocycles. The van der Waals surface area contributed by atoms with Crippen molar-refractivity contribution >= 4 is 34.2 Å². The number of aromatic nitrogens is 2. The minimum Gasteiger partial charge on any atom is -0.366 e. The van der Waals surface area contributed by atoms with Gasteiger partial charge in [-0.1, -0.05) is 23.7 Å². The van der Waals surface area contributed by atoms with Crippen molar-refractivity contribution in [1.29, 1.82) is 0 Å². The molecule has 4 rings (SSSR count). The summed E-state index contributed by atoms with van der Waals surface area (Å²) >= 11 is 5.89. The molecule has 12 heteroatoms. The zero-order valence-corrected chi connectivity index (χ0v) is 21.8. The Balaban J connectivity index is 1.39. The Morgan fingerprint density at radius 2 is 2.03 bits per heavy atom. The molecule has 196 valence electrons. The number of carbonyl (C=O) groups excluding carboxylic acids is 2. The van der Waals surface area contributed by atoms with Gasteiger partial charge in [-0.3, -0.25) is 13.8 Å². The number of fused-ring (bicyclic) bond motifs is 1. The van der Waals surface area contributed by atoms with Crippen LogP contribution in [0.25, 0.3) is 0 Å². The highest BCUT2D eigenvalue weighted by Crippen LogP contribution is 2.46. The van der Waals surface area contributed by atoms with Gasteiger partial charge >= 0.3 is 0 Å². The summed E-state index contributed by atoms with van der Waals surface area (Å²) in [6.45, 7) is 3.74. The third kappa shape index (κ3) is 5.64. The van der Waals surface area contributed by atoms with E-state index in [1.807, 2.05) is 12.1 Å². The van der Waals surface area contributed by atoms with Crippen molar-refractivity contribution in [2.24, 2.45) is 0 Å². The summed E-state index contributed by atoms with van der Waals surface area (Å²) in [5.74, 6) is -0.480. The van der Waals surface area contributed by atoms with Gasteiger partial charge in [0.25, 0.3) is 11.8 Å². The summed E-state index contributed by atoms with van der Waals surface area (Å²) in [4.78, 5) is 31.8. The molecule has 2 aromatic rings. The minimum atomic E-state index is -1.54. The first-order valence-electron chi connectivity index (χ1n) is 11.7. The molecule has 2 atom stereocenters. The monoisotopic (exact) mass is 540 g/mol. The normalized spacial score (nSPS) is 18.5. The summed E-state index contributed by atoms with van der Waals surface area (Å²) < 4.78 is 31.2. The average Bonchev–Trinajstić information content (AvgIpc) is 3.51. The van der Waals surface area contributed by atoms with E-state index in [-0.39, 0.29) is 24.2 Å². The van der Waals surface area contributed by atoms with Crippen molar-refractivity contribution in [2.45, 2.75) is 55.6 Å². The fourth-order valence-electron chi connectivity index (χ4n) is 4.32. The molecule has 2 N–H and O–H groups in total. The molecule has 0 saturated heterocycles. The van der Waals surface area contributed by atoms with E-state index in [4.69, 9.17) is 16.3 Å². The molecule has 0 spiro atoms. The number of benzene rings is 1. The SMILES string of the molecule is CC(C)(COC(O)CF)S(=O)C1(CN2CCn3c(cnc3C(=O)NCc3ccc(Cl)cc3)C2=O)CC1. The van der Waals surface area contributed by atoms with Crippen LogP contribution in [-0.4, -0.2) is 77.7 Å². The largest absolute Gasteiger partial charge is 0.366 e. The second-order valence-electron chi connectivity index (χ2n) is 9.79. The minimum absolute atomic E-state index is 0.0678. The second-order valence-corrected chi connectivity index (χ2v) is 12.7. The first kappa shape index (κ1) is 26.7. The van der Waals surface area contributed by atoms with Crippen LogP contribution in [0.5, 0.6) is 0 Å². The average molecular weight is 541 g/mol. The third-order valence-corrected chi connectivity index (χ3v) is 9.16. The highest BCUT2D eigenvalue weighted by Gasteiger charge is 2.55. The molecule has 2 aliphatic rings. The molecule has 1 aliphatic carbocycles. The van der Waals surface area contributed by atoms with Crippen molar-refractivity contribution in [3.63, 3.8) is 0 Å². The molecule has 1 saturated carbocycles. The Morgan fingerprint density at radius 1 is 1.33 bits per heavy atom. The van der Waals surface area contributed by atoms with Crippen LogP contribution in [0.15, 0.2) is 30.5 Å². The van der Waals surface area contributed by atoms with Gasteiger partial charge in [0.15, 0.2) is 12.1 Å². The number of hydrogen-bond donors (Lipinski definition) is 2. The predicted octanol–water partition coefficient (Wildman–Crippen LogP) is 2.29. The molecule has 2 unspecified atom stereocenters. The van der Waals surface area contributed by atoms with Crippen molar-refractivity contribution in [1.82, 2.24) is 19.8 Å². The fourth-order valence-corrected chi connectivity index (χ4v) is 6.54. The number of nitrogens with one attached hydrogen (secondary N) is 1. The standard InChI is InChI=1S/C24H30ClFN4O5S/c1-23(2,15-35-19(31)11-26)36(34)24(7-8-24)14-29-9-10-30-18(22(29)33)13-27-20(30)21(32)28-12-16-3-5-17(25)6-4-16/h3-6,13,19,31H,7-12,14-15H2,1-2H3,(H,28,32). The number of aliphatic hydroxyl groups is 1. The van der Waals surface area contributed by atoms with Gasteiger partial charge in [0.2, 0.25) is 0 Å². The quantitative estimate of drug-likeness (QED) is 0.423. The van der Waals surface area contributed by atoms with Crippen LogP contribution >= 0.6 is 11.6 Å². The number of nitrogens with zero attached hydrogens (tertiary/aromatic N) is 3. The van der Waals surface area contributed by atoms with Crippen molar-refractivity contribution in [3.05, 3.63) is 52.6 Å². The summed E-state index contributed by atoms with van der Waals surface area (Å²) in [5, 5.41) is 12.8. The maximum absolute atomic E-state index is 13.4. The van der Waals surface area contributed by atoms with Gasteiger partial charge in [0.05, 0.1) is 22.3 Å². The van der Waals surface area contributed by atoms with Crippen molar-refractivity contribution in [3.8, 4) is 0 Å². The number of carbonyl (C=O) groups is 2. The van der Waals surface area contributed by atoms with Crippen LogP contribution < -0.4 is 5.32 Å². The van der Waals surface area contributed by atoms with Crippen LogP contribution in [0.3, 0.4) is 0 Å². The topological polar surface area (TPSA) is 114 Å². The highest BCUT2D eigenvalue weighted by molar-refractivity contribution is 7.88. The second kappa shape index (κ2) is 10.6. The number of ether oxygens (including phenoxy) is 1. The van der Waals surface area contributed by atoms with E-state index in [2.05, 4.69) is 10.3 Å². The lowest BCUT2D eigenvalue weighted by atomic mass is 10.2. The maximum atomic E-state index is 13.4. The molecular formula is C24H30ClFN4O5S. The molecule has 1 aromatic heterocycles. The molecule has 2 heterocycles. The molecule has 1 fully saturated rings. The summed E-state index contributed by atoms with van der Waals surface area (Å²) in [7, 11) is -1.39. The van der Waals surface area contributed by atoms with Gasteiger partial charge in [-0.25, -0.2) is 9.37 Å². The van der Waals surface area contributed by atoms with E-state index in [1.165, 1.54) is 6.20 Å². The molecule has 36 heavy (non-hydrogen) atoms. The van der Waals surface area contributed by atoms with Gasteiger partial charge < -0.3 is 24.6 Å². The summed E-state index contributed by atoms with van der Waals surface area (Å²) in [6, 6.07) is 7.13. The number of aliphatic hydroxyl groups excluding tert-OH is 1. The van der Waals surface area contributed by atoms with Gasteiger partial charge in [-0.05, 0) is 44.4 Å². The number of imidazole rings is 1. The number of hydrogen-bond acceptors (Lipinski definition) is 6. The summed E-state index contributed by atoms with van der Waals surface area (Å²) in [6.07, 6.45) is 1.24. The first-order chi connectivity index (χ1) is 17.1. The molecule has 1 aromatic carbocycles. The number of alkyl halides is 1. The molecule has 0 bridgehead atoms. The fraction of sp³-hybridized carbons (Fsp3) is 0.542. The summed E-state index contributed by atoms with van der Waals surface area (Å²) in [5.41, 5.74) is 1.20. The van der Waals surface area contributed by atoms with Gasteiger partial charge in [0, 0.05) is 42.0 Å². The Kier molecular flexibility index (Phi) is 7.84. The van der Waals surface area contributed by atoms with Crippen molar-refractivity contribution in [2.75, 3.05) is 26.4 Å². The molecule has 2 amide bonds. The lowest BCUT2D eigenvalue weighted by Gasteiger charge is -2.35.